The van der Waals surface area contributed by atoms with Crippen molar-refractivity contribution >= 4 is 5.97 Å². The Kier molecular flexibility index (Phi) is 3.80. The van der Waals surface area contributed by atoms with Crippen molar-refractivity contribution in [2.24, 2.45) is 0 Å². The van der Waals surface area contributed by atoms with E-state index in [0.29, 0.717) is 12.4 Å². The van der Waals surface area contributed by atoms with E-state index in [9.17, 15) is 4.79 Å². The first-order valence-corrected chi connectivity index (χ1v) is 5.93. The highest BCUT2D eigenvalue weighted by atomic mass is 16.5. The van der Waals surface area contributed by atoms with E-state index < -0.39 is 5.97 Å². The van der Waals surface area contributed by atoms with Crippen LogP contribution in [0, 0.1) is 13.8 Å². The highest BCUT2D eigenvalue weighted by Gasteiger charge is 2.11. The zero-order valence-corrected chi connectivity index (χ0v) is 10.9. The van der Waals surface area contributed by atoms with Gasteiger partial charge in [-0.25, -0.2) is 4.79 Å². The van der Waals surface area contributed by atoms with E-state index in [1.807, 2.05) is 19.9 Å². The summed E-state index contributed by atoms with van der Waals surface area (Å²) in [6.07, 6.45) is 3.47. The number of hydrogen-bond acceptors (Lipinski definition) is 3. The minimum atomic E-state index is -0.989. The lowest BCUT2D eigenvalue weighted by Crippen LogP contribution is -2.04. The molecule has 0 bridgehead atoms. The molecule has 0 atom stereocenters. The van der Waals surface area contributed by atoms with Crippen LogP contribution in [0.4, 0.5) is 0 Å². The lowest BCUT2D eigenvalue weighted by atomic mass is 10.1. The van der Waals surface area contributed by atoms with Crippen LogP contribution in [0.3, 0.4) is 0 Å². The van der Waals surface area contributed by atoms with Gasteiger partial charge in [0.05, 0.1) is 0 Å². The summed E-state index contributed by atoms with van der Waals surface area (Å²) in [6.45, 7) is 4.15. The van der Waals surface area contributed by atoms with Crippen LogP contribution in [0.15, 0.2) is 36.7 Å². The maximum Gasteiger partial charge on any atom is 0.339 e. The summed E-state index contributed by atoms with van der Waals surface area (Å²) in [5.41, 5.74) is 3.09. The Morgan fingerprint density at radius 3 is 2.68 bits per heavy atom. The topological polar surface area (TPSA) is 59.4 Å². The monoisotopic (exact) mass is 257 g/mol. The third-order valence-electron chi connectivity index (χ3n) is 2.69. The number of aryl methyl sites for hydroxylation is 2. The van der Waals surface area contributed by atoms with Crippen molar-refractivity contribution in [2.45, 2.75) is 20.5 Å². The molecule has 4 nitrogen and oxygen atoms in total. The summed E-state index contributed by atoms with van der Waals surface area (Å²) < 4.78 is 5.60. The van der Waals surface area contributed by atoms with Crippen molar-refractivity contribution in [3.8, 4) is 5.75 Å². The van der Waals surface area contributed by atoms with Gasteiger partial charge in [-0.15, -0.1) is 0 Å². The molecule has 2 rings (SSSR count). The van der Waals surface area contributed by atoms with Crippen molar-refractivity contribution in [2.75, 3.05) is 0 Å². The summed E-state index contributed by atoms with van der Waals surface area (Å²) in [7, 11) is 0. The van der Waals surface area contributed by atoms with Gasteiger partial charge in [-0.2, -0.15) is 0 Å². The number of ether oxygens (including phenoxy) is 1. The van der Waals surface area contributed by atoms with Crippen LogP contribution in [-0.2, 0) is 6.61 Å². The summed E-state index contributed by atoms with van der Waals surface area (Å²) >= 11 is 0. The normalized spacial score (nSPS) is 10.2. The molecule has 0 aliphatic heterocycles. The number of nitrogens with zero attached hydrogens (tertiary/aromatic N) is 1. The quantitative estimate of drug-likeness (QED) is 0.914. The van der Waals surface area contributed by atoms with Crippen LogP contribution in [0.25, 0.3) is 0 Å². The van der Waals surface area contributed by atoms with E-state index in [4.69, 9.17) is 9.84 Å². The Bertz CT molecular complexity index is 608. The molecule has 0 amide bonds. The average molecular weight is 257 g/mol. The van der Waals surface area contributed by atoms with E-state index in [0.717, 1.165) is 16.7 Å². The maximum atomic E-state index is 11.1. The number of benzene rings is 1. The SMILES string of the molecule is Cc1cncc(COc2cc(C)ccc2C(=O)O)c1. The molecule has 1 aromatic carbocycles. The number of rotatable bonds is 4. The first-order chi connectivity index (χ1) is 9.06. The molecule has 4 heteroatoms. The van der Waals surface area contributed by atoms with Crippen LogP contribution >= 0.6 is 0 Å². The third kappa shape index (κ3) is 3.31. The number of carboxylic acid groups (broad SMARTS) is 1. The Morgan fingerprint density at radius 1 is 1.21 bits per heavy atom. The molecule has 19 heavy (non-hydrogen) atoms. The Hall–Kier alpha value is -2.36. The van der Waals surface area contributed by atoms with Crippen molar-refractivity contribution in [3.05, 3.63) is 58.9 Å². The number of aromatic nitrogens is 1. The van der Waals surface area contributed by atoms with Gasteiger partial charge in [0.15, 0.2) is 0 Å². The van der Waals surface area contributed by atoms with Crippen molar-refractivity contribution < 1.29 is 14.6 Å². The highest BCUT2D eigenvalue weighted by Crippen LogP contribution is 2.21. The molecule has 1 aromatic heterocycles. The van der Waals surface area contributed by atoms with Crippen LogP contribution < -0.4 is 4.74 Å². The average Bonchev–Trinajstić information content (AvgIpc) is 2.36. The van der Waals surface area contributed by atoms with Gasteiger partial charge in [-0.3, -0.25) is 4.98 Å². The number of carboxylic acids is 1. The van der Waals surface area contributed by atoms with Crippen LogP contribution in [0.5, 0.6) is 5.75 Å². The zero-order valence-electron chi connectivity index (χ0n) is 10.9. The second-order valence-corrected chi connectivity index (χ2v) is 4.46. The van der Waals surface area contributed by atoms with Gasteiger partial charge < -0.3 is 9.84 Å². The smallest absolute Gasteiger partial charge is 0.339 e. The molecular weight excluding hydrogens is 242 g/mol. The van der Waals surface area contributed by atoms with E-state index in [-0.39, 0.29) is 5.56 Å². The fourth-order valence-electron chi connectivity index (χ4n) is 1.78. The second kappa shape index (κ2) is 5.52. The number of hydrogen-bond donors (Lipinski definition) is 1. The Morgan fingerprint density at radius 2 is 2.00 bits per heavy atom. The Labute approximate surface area is 111 Å². The van der Waals surface area contributed by atoms with Crippen LogP contribution in [-0.4, -0.2) is 16.1 Å². The van der Waals surface area contributed by atoms with E-state index in [1.165, 1.54) is 0 Å². The highest BCUT2D eigenvalue weighted by molar-refractivity contribution is 5.90. The fourth-order valence-corrected chi connectivity index (χ4v) is 1.78. The standard InChI is InChI=1S/C15H15NO3/c1-10-3-4-13(15(17)18)14(6-10)19-9-12-5-11(2)7-16-8-12/h3-8H,9H2,1-2H3,(H,17,18). The molecule has 0 aliphatic carbocycles. The largest absolute Gasteiger partial charge is 0.488 e. The third-order valence-corrected chi connectivity index (χ3v) is 2.69. The molecule has 0 fully saturated rings. The van der Waals surface area contributed by atoms with E-state index in [2.05, 4.69) is 4.98 Å². The molecule has 1 heterocycles. The van der Waals surface area contributed by atoms with Gasteiger partial charge in [0.1, 0.15) is 17.9 Å². The lowest BCUT2D eigenvalue weighted by molar-refractivity contribution is 0.0691. The van der Waals surface area contributed by atoms with Crippen molar-refractivity contribution in [1.82, 2.24) is 4.98 Å². The number of carbonyl (C=O) groups is 1. The van der Waals surface area contributed by atoms with Crippen LogP contribution in [0.1, 0.15) is 27.0 Å². The molecule has 0 saturated heterocycles. The number of pyridine rings is 1. The first kappa shape index (κ1) is 13.1. The number of aromatic carboxylic acids is 1. The van der Waals surface area contributed by atoms with E-state index in [1.54, 1.807) is 30.6 Å². The fraction of sp³-hybridized carbons (Fsp3) is 0.200. The molecular formula is C15H15NO3. The van der Waals surface area contributed by atoms with Gasteiger partial charge in [-0.1, -0.05) is 6.07 Å². The first-order valence-electron chi connectivity index (χ1n) is 5.93. The van der Waals surface area contributed by atoms with Gasteiger partial charge in [0, 0.05) is 18.0 Å². The van der Waals surface area contributed by atoms with Crippen molar-refractivity contribution in [3.63, 3.8) is 0 Å². The predicted octanol–water partition coefficient (Wildman–Crippen LogP) is 2.98. The lowest BCUT2D eigenvalue weighted by Gasteiger charge is -2.10. The zero-order chi connectivity index (χ0) is 13.8. The molecule has 0 saturated carbocycles. The van der Waals surface area contributed by atoms with Gasteiger partial charge in [0.25, 0.3) is 0 Å². The minimum Gasteiger partial charge on any atom is -0.488 e. The minimum absolute atomic E-state index is 0.172. The van der Waals surface area contributed by atoms with Gasteiger partial charge >= 0.3 is 5.97 Å². The molecule has 1 N–H and O–H groups in total. The molecule has 0 unspecified atom stereocenters. The summed E-state index contributed by atoms with van der Waals surface area (Å²) in [4.78, 5) is 15.2. The van der Waals surface area contributed by atoms with Crippen molar-refractivity contribution in [1.29, 1.82) is 0 Å². The predicted molar refractivity (Wildman–Crippen MR) is 71.4 cm³/mol. The summed E-state index contributed by atoms with van der Waals surface area (Å²) in [5, 5.41) is 9.11. The maximum absolute atomic E-state index is 11.1. The molecule has 0 spiro atoms. The molecule has 2 aromatic rings. The van der Waals surface area contributed by atoms with E-state index >= 15 is 0 Å². The summed E-state index contributed by atoms with van der Waals surface area (Å²) in [5.74, 6) is -0.605. The molecule has 98 valence electrons. The molecule has 0 radical (unpaired) electrons. The summed E-state index contributed by atoms with van der Waals surface area (Å²) in [6, 6.07) is 7.00. The second-order valence-electron chi connectivity index (χ2n) is 4.46. The van der Waals surface area contributed by atoms with Crippen LogP contribution in [0.2, 0.25) is 0 Å². The van der Waals surface area contributed by atoms with Gasteiger partial charge in [-0.05, 0) is 43.2 Å². The Balaban J connectivity index is 2.19. The molecule has 0 aliphatic rings. The van der Waals surface area contributed by atoms with Gasteiger partial charge in [0.2, 0.25) is 0 Å².